The van der Waals surface area contributed by atoms with Crippen LogP contribution in [0.25, 0.3) is 17.0 Å². The Morgan fingerprint density at radius 2 is 1.80 bits per heavy atom. The number of likely N-dealkylation sites (tertiary alicyclic amines) is 1. The number of aromatic nitrogens is 2. The van der Waals surface area contributed by atoms with Gasteiger partial charge >= 0.3 is 12.4 Å². The molecule has 0 bridgehead atoms. The van der Waals surface area contributed by atoms with E-state index in [1.807, 2.05) is 11.8 Å². The van der Waals surface area contributed by atoms with Crippen molar-refractivity contribution >= 4 is 39.9 Å². The molecule has 2 amide bonds. The van der Waals surface area contributed by atoms with E-state index >= 15 is 0 Å². The van der Waals surface area contributed by atoms with Crippen molar-refractivity contribution in [3.8, 4) is 0 Å². The molecule has 0 aliphatic carbocycles. The summed E-state index contributed by atoms with van der Waals surface area (Å²) in [6, 6.07) is 5.37. The molecule has 3 heterocycles. The number of carbonyl (C=O) groups is 2. The molecule has 14 heteroatoms. The van der Waals surface area contributed by atoms with Gasteiger partial charge in [-0.3, -0.25) is 19.2 Å². The fourth-order valence-corrected chi connectivity index (χ4v) is 5.97. The van der Waals surface area contributed by atoms with E-state index in [1.54, 1.807) is 18.2 Å². The van der Waals surface area contributed by atoms with E-state index in [0.717, 1.165) is 11.0 Å². The van der Waals surface area contributed by atoms with Gasteiger partial charge in [0.2, 0.25) is 0 Å². The third-order valence-electron chi connectivity index (χ3n) is 7.22. The molecule has 0 spiro atoms. The molecule has 2 atom stereocenters. The number of nitrogens with zero attached hydrogens (tertiary/aromatic N) is 4. The quantitative estimate of drug-likeness (QED) is 0.244. The molecular formula is C27H23F7N4O2S. The molecule has 41 heavy (non-hydrogen) atoms. The summed E-state index contributed by atoms with van der Waals surface area (Å²) < 4.78 is 95.8. The van der Waals surface area contributed by atoms with Gasteiger partial charge in [0, 0.05) is 18.5 Å². The number of alkyl halides is 7. The van der Waals surface area contributed by atoms with Gasteiger partial charge in [-0.15, -0.1) is 0 Å². The van der Waals surface area contributed by atoms with Crippen LogP contribution >= 0.6 is 11.8 Å². The summed E-state index contributed by atoms with van der Waals surface area (Å²) in [5, 5.41) is 4.05. The molecule has 2 saturated heterocycles. The first-order valence-electron chi connectivity index (χ1n) is 12.6. The molecule has 2 aliphatic heterocycles. The number of thioether (sulfide) groups is 1. The zero-order valence-electron chi connectivity index (χ0n) is 21.5. The monoisotopic (exact) mass is 600 g/mol. The maximum atomic E-state index is 14.8. The van der Waals surface area contributed by atoms with Crippen LogP contribution in [0.15, 0.2) is 47.5 Å². The SMILES string of the molecule is CCN1CC[C@@H](N2C(=O)S/C(=C\c3ccc4c(cnn4Cc4ccc(C(F)(F)F)cc4C(F)(F)F)c3)C2=O)[C@H](F)C1. The molecule has 0 radical (unpaired) electrons. The third-order valence-corrected chi connectivity index (χ3v) is 8.10. The Hall–Kier alpha value is -3.39. The van der Waals surface area contributed by atoms with E-state index in [4.69, 9.17) is 0 Å². The number of piperidine rings is 1. The lowest BCUT2D eigenvalue weighted by molar-refractivity contribution is -0.143. The van der Waals surface area contributed by atoms with Gasteiger partial charge in [0.15, 0.2) is 0 Å². The average molecular weight is 601 g/mol. The number of halogens is 7. The van der Waals surface area contributed by atoms with Crippen LogP contribution in [0, 0.1) is 0 Å². The van der Waals surface area contributed by atoms with Crippen molar-refractivity contribution in [2.24, 2.45) is 0 Å². The van der Waals surface area contributed by atoms with E-state index in [2.05, 4.69) is 5.10 Å². The number of rotatable bonds is 5. The molecule has 1 aromatic heterocycles. The first-order chi connectivity index (χ1) is 19.3. The standard InChI is InChI=1S/C27H23F7N4O2S/c1-2-36-8-7-22(20(28)14-36)38-24(39)23(41-25(38)40)10-15-3-6-21-17(9-15)12-35-37(21)13-16-4-5-18(26(29,30)31)11-19(16)27(32,33)34/h3-6,9-12,20,22H,2,7-8,13-14H2,1H3/b23-10-/t20-,22-/m1/s1. The summed E-state index contributed by atoms with van der Waals surface area (Å²) in [5.74, 6) is -0.588. The van der Waals surface area contributed by atoms with E-state index in [1.165, 1.54) is 17.0 Å². The highest BCUT2D eigenvalue weighted by molar-refractivity contribution is 8.18. The zero-order chi connectivity index (χ0) is 29.7. The first kappa shape index (κ1) is 29.1. The molecule has 2 aliphatic rings. The lowest BCUT2D eigenvalue weighted by Gasteiger charge is -2.37. The minimum absolute atomic E-state index is 0.0877. The van der Waals surface area contributed by atoms with Crippen LogP contribution in [0.2, 0.25) is 0 Å². The van der Waals surface area contributed by atoms with Crippen LogP contribution in [0.1, 0.15) is 35.6 Å². The highest BCUT2D eigenvalue weighted by atomic mass is 32.2. The Bertz CT molecular complexity index is 1530. The van der Waals surface area contributed by atoms with Crippen LogP contribution in [0.5, 0.6) is 0 Å². The van der Waals surface area contributed by atoms with Crippen molar-refractivity contribution in [3.63, 3.8) is 0 Å². The second kappa shape index (κ2) is 10.8. The predicted octanol–water partition coefficient (Wildman–Crippen LogP) is 6.59. The van der Waals surface area contributed by atoms with Crippen LogP contribution < -0.4 is 0 Å². The number of benzene rings is 2. The summed E-state index contributed by atoms with van der Waals surface area (Å²) in [5.41, 5.74) is -2.28. The normalized spacial score (nSPS) is 22.0. The second-order valence-electron chi connectivity index (χ2n) is 9.80. The Morgan fingerprint density at radius 1 is 1.05 bits per heavy atom. The van der Waals surface area contributed by atoms with Crippen LogP contribution in [-0.2, 0) is 23.7 Å². The van der Waals surface area contributed by atoms with Gasteiger partial charge in [0.1, 0.15) is 6.17 Å². The topological polar surface area (TPSA) is 58.4 Å². The maximum Gasteiger partial charge on any atom is 0.416 e. The molecule has 2 fully saturated rings. The lowest BCUT2D eigenvalue weighted by atomic mass is 10.0. The van der Waals surface area contributed by atoms with Crippen molar-refractivity contribution in [2.75, 3.05) is 19.6 Å². The van der Waals surface area contributed by atoms with Crippen molar-refractivity contribution in [3.05, 3.63) is 69.8 Å². The Morgan fingerprint density at radius 3 is 2.46 bits per heavy atom. The molecule has 0 N–H and O–H groups in total. The summed E-state index contributed by atoms with van der Waals surface area (Å²) in [7, 11) is 0. The molecule has 0 unspecified atom stereocenters. The van der Waals surface area contributed by atoms with Crippen molar-refractivity contribution in [1.29, 1.82) is 0 Å². The lowest BCUT2D eigenvalue weighted by Crippen LogP contribution is -2.53. The summed E-state index contributed by atoms with van der Waals surface area (Å²) in [4.78, 5) is 28.7. The van der Waals surface area contributed by atoms with E-state index in [9.17, 15) is 40.3 Å². The Labute approximate surface area is 233 Å². The summed E-state index contributed by atoms with van der Waals surface area (Å²) in [6.45, 7) is 2.85. The number of fused-ring (bicyclic) bond motifs is 1. The van der Waals surface area contributed by atoms with E-state index in [0.29, 0.717) is 53.8 Å². The maximum absolute atomic E-state index is 14.8. The molecular weight excluding hydrogens is 577 g/mol. The average Bonchev–Trinajstić information content (AvgIpc) is 3.42. The number of carbonyl (C=O) groups excluding carboxylic acids is 2. The zero-order valence-corrected chi connectivity index (χ0v) is 22.3. The van der Waals surface area contributed by atoms with Crippen LogP contribution in [0.3, 0.4) is 0 Å². The largest absolute Gasteiger partial charge is 0.416 e. The molecule has 218 valence electrons. The number of amides is 2. The molecule has 0 saturated carbocycles. The molecule has 6 nitrogen and oxygen atoms in total. The minimum Gasteiger partial charge on any atom is -0.301 e. The van der Waals surface area contributed by atoms with Gasteiger partial charge in [-0.2, -0.15) is 31.4 Å². The molecule has 2 aromatic carbocycles. The fourth-order valence-electron chi connectivity index (χ4n) is 5.09. The minimum atomic E-state index is -5.01. The Balaban J connectivity index is 1.38. The van der Waals surface area contributed by atoms with Crippen molar-refractivity contribution < 1.29 is 40.3 Å². The summed E-state index contributed by atoms with van der Waals surface area (Å²) in [6.07, 6.45) is -8.10. The van der Waals surface area contributed by atoms with Crippen LogP contribution in [0.4, 0.5) is 35.5 Å². The highest BCUT2D eigenvalue weighted by Crippen LogP contribution is 2.39. The molecule has 3 aromatic rings. The van der Waals surface area contributed by atoms with E-state index < -0.39 is 53.4 Å². The highest BCUT2D eigenvalue weighted by Gasteiger charge is 2.45. The fraction of sp³-hybridized carbons (Fsp3) is 0.370. The number of hydrogen-bond acceptors (Lipinski definition) is 5. The predicted molar refractivity (Wildman–Crippen MR) is 139 cm³/mol. The van der Waals surface area contributed by atoms with Gasteiger partial charge in [0.25, 0.3) is 11.1 Å². The van der Waals surface area contributed by atoms with Crippen molar-refractivity contribution in [2.45, 2.75) is 44.5 Å². The van der Waals surface area contributed by atoms with Gasteiger partial charge in [-0.05, 0) is 66.2 Å². The van der Waals surface area contributed by atoms with Gasteiger partial charge in [0.05, 0.1) is 40.3 Å². The van der Waals surface area contributed by atoms with Crippen molar-refractivity contribution in [1.82, 2.24) is 19.6 Å². The first-order valence-corrected chi connectivity index (χ1v) is 13.4. The molecule has 5 rings (SSSR count). The third kappa shape index (κ3) is 5.85. The van der Waals surface area contributed by atoms with Gasteiger partial charge in [-0.1, -0.05) is 19.1 Å². The Kier molecular flexibility index (Phi) is 7.66. The second-order valence-corrected chi connectivity index (χ2v) is 10.8. The van der Waals surface area contributed by atoms with Gasteiger partial charge < -0.3 is 4.90 Å². The van der Waals surface area contributed by atoms with E-state index in [-0.39, 0.29) is 23.1 Å². The number of imide groups is 1. The summed E-state index contributed by atoms with van der Waals surface area (Å²) >= 11 is 0.709. The smallest absolute Gasteiger partial charge is 0.301 e. The number of hydrogen-bond donors (Lipinski definition) is 0. The van der Waals surface area contributed by atoms with Gasteiger partial charge in [-0.25, -0.2) is 4.39 Å². The van der Waals surface area contributed by atoms with Crippen LogP contribution in [-0.4, -0.2) is 62.6 Å².